The van der Waals surface area contributed by atoms with Gasteiger partial charge in [-0.05, 0) is 5.92 Å². The number of nitrogens with zero attached hydrogens (tertiary/aromatic N) is 3. The molecule has 0 aliphatic carbocycles. The molecule has 0 spiro atoms. The Balaban J connectivity index is 5.11. The van der Waals surface area contributed by atoms with Gasteiger partial charge in [0.2, 0.25) is 5.78 Å². The normalized spacial score (nSPS) is 11.6. The highest BCUT2D eigenvalue weighted by Crippen LogP contribution is 2.06. The quantitative estimate of drug-likeness (QED) is 0.300. The van der Waals surface area contributed by atoms with E-state index in [0.717, 1.165) is 0 Å². The first kappa shape index (κ1) is 14.5. The van der Waals surface area contributed by atoms with E-state index in [1.54, 1.807) is 13.8 Å². The van der Waals surface area contributed by atoms with E-state index in [-0.39, 0.29) is 17.4 Å². The fraction of sp³-hybridized carbons (Fsp3) is 0.727. The van der Waals surface area contributed by atoms with Crippen molar-refractivity contribution in [1.82, 2.24) is 0 Å². The zero-order valence-electron chi connectivity index (χ0n) is 10.5. The van der Waals surface area contributed by atoms with Gasteiger partial charge in [0, 0.05) is 12.3 Å². The molecule has 0 aliphatic rings. The Morgan fingerprint density at radius 2 is 1.94 bits per heavy atom. The predicted molar refractivity (Wildman–Crippen MR) is 62.4 cm³/mol. The summed E-state index contributed by atoms with van der Waals surface area (Å²) in [5.74, 6) is -0.176. The molecule has 16 heavy (non-hydrogen) atoms. The van der Waals surface area contributed by atoms with Crippen molar-refractivity contribution in [2.75, 3.05) is 7.11 Å². The van der Waals surface area contributed by atoms with Gasteiger partial charge in [0.05, 0.1) is 0 Å². The van der Waals surface area contributed by atoms with Crippen molar-refractivity contribution in [3.8, 4) is 0 Å². The van der Waals surface area contributed by atoms with E-state index >= 15 is 0 Å². The molecule has 0 aromatic carbocycles. The molecule has 0 unspecified atom stereocenters. The van der Waals surface area contributed by atoms with E-state index in [0.29, 0.717) is 18.1 Å². The van der Waals surface area contributed by atoms with E-state index in [4.69, 9.17) is 5.53 Å². The first-order valence-electron chi connectivity index (χ1n) is 5.30. The third kappa shape index (κ3) is 4.36. The lowest BCUT2D eigenvalue weighted by Crippen LogP contribution is -2.30. The van der Waals surface area contributed by atoms with Crippen LogP contribution in [0.4, 0.5) is 0 Å². The molecule has 0 heterocycles. The number of Topliss-reactive ketones (excluding diaryl/α,β-unsaturated/α-hetero) is 1. The molecule has 0 radical (unpaired) electrons. The van der Waals surface area contributed by atoms with Crippen molar-refractivity contribution in [2.45, 2.75) is 34.1 Å². The maximum absolute atomic E-state index is 11.7. The zero-order chi connectivity index (χ0) is 12.7. The molecular weight excluding hydrogens is 206 g/mol. The van der Waals surface area contributed by atoms with Crippen LogP contribution in [-0.4, -0.2) is 29.1 Å². The van der Waals surface area contributed by atoms with Crippen molar-refractivity contribution in [3.63, 3.8) is 0 Å². The Bertz CT molecular complexity index is 326. The molecule has 0 bridgehead atoms. The summed E-state index contributed by atoms with van der Waals surface area (Å²) in [6.45, 7) is 7.46. The fourth-order valence-electron chi connectivity index (χ4n) is 1.20. The van der Waals surface area contributed by atoms with Crippen LogP contribution in [0.1, 0.15) is 34.1 Å². The van der Waals surface area contributed by atoms with Crippen molar-refractivity contribution >= 4 is 17.2 Å². The second-order valence-electron chi connectivity index (χ2n) is 4.29. The number of oxime groups is 1. The predicted octanol–water partition coefficient (Wildman–Crippen LogP) is 1.93. The third-order valence-corrected chi connectivity index (χ3v) is 1.93. The first-order chi connectivity index (χ1) is 7.43. The molecule has 0 aliphatic heterocycles. The smallest absolute Gasteiger partial charge is 0.382 e. The molecule has 0 aromatic heterocycles. The molecule has 0 rings (SSSR count). The van der Waals surface area contributed by atoms with Crippen LogP contribution in [0.3, 0.4) is 0 Å². The van der Waals surface area contributed by atoms with E-state index in [1.165, 1.54) is 7.11 Å². The van der Waals surface area contributed by atoms with Gasteiger partial charge in [0.15, 0.2) is 5.71 Å². The summed E-state index contributed by atoms with van der Waals surface area (Å²) in [5.41, 5.74) is 9.26. The molecule has 0 atom stereocenters. The van der Waals surface area contributed by atoms with Gasteiger partial charge in [-0.25, -0.2) is 0 Å². The van der Waals surface area contributed by atoms with E-state index in [2.05, 4.69) is 14.8 Å². The number of rotatable bonds is 6. The number of carbonyl (C=O) groups is 1. The maximum atomic E-state index is 11.7. The van der Waals surface area contributed by atoms with Gasteiger partial charge in [-0.2, -0.15) is 4.79 Å². The summed E-state index contributed by atoms with van der Waals surface area (Å²) in [4.78, 5) is 19.4. The summed E-state index contributed by atoms with van der Waals surface area (Å²) < 4.78 is 0. The number of hydrogen-bond acceptors (Lipinski definition) is 3. The molecule has 90 valence electrons. The monoisotopic (exact) mass is 225 g/mol. The molecule has 0 aromatic rings. The zero-order valence-corrected chi connectivity index (χ0v) is 10.5. The lowest BCUT2D eigenvalue weighted by atomic mass is 9.96. The van der Waals surface area contributed by atoms with Crippen LogP contribution in [0.15, 0.2) is 5.16 Å². The van der Waals surface area contributed by atoms with Crippen molar-refractivity contribution < 1.29 is 14.4 Å². The molecule has 5 heteroatoms. The minimum absolute atomic E-state index is 0.00875. The van der Waals surface area contributed by atoms with Crippen LogP contribution in [0.2, 0.25) is 0 Å². The SMILES string of the molecule is CON=C(CC(C)C)C(=[N+]=[N-])C(=O)C(C)C. The Labute approximate surface area is 96.1 Å². The molecule has 0 saturated heterocycles. The largest absolute Gasteiger partial charge is 0.399 e. The van der Waals surface area contributed by atoms with E-state index < -0.39 is 0 Å². The summed E-state index contributed by atoms with van der Waals surface area (Å²) in [5, 5.41) is 3.74. The fourth-order valence-corrected chi connectivity index (χ4v) is 1.20. The highest BCUT2D eigenvalue weighted by atomic mass is 16.6. The van der Waals surface area contributed by atoms with Crippen molar-refractivity contribution in [3.05, 3.63) is 5.53 Å². The van der Waals surface area contributed by atoms with E-state index in [9.17, 15) is 4.79 Å². The molecule has 0 fully saturated rings. The summed E-state index contributed by atoms with van der Waals surface area (Å²) >= 11 is 0. The molecular formula is C11H19N3O2. The highest BCUT2D eigenvalue weighted by Gasteiger charge is 2.30. The summed E-state index contributed by atoms with van der Waals surface area (Å²) in [6, 6.07) is 0. The lowest BCUT2D eigenvalue weighted by molar-refractivity contribution is -0.119. The Hall–Kier alpha value is -1.48. The molecule has 0 N–H and O–H groups in total. The van der Waals surface area contributed by atoms with Crippen molar-refractivity contribution in [2.24, 2.45) is 17.0 Å². The lowest BCUT2D eigenvalue weighted by Gasteiger charge is -2.05. The second kappa shape index (κ2) is 6.90. The Morgan fingerprint density at radius 1 is 1.38 bits per heavy atom. The highest BCUT2D eigenvalue weighted by molar-refractivity contribution is 6.65. The average Bonchev–Trinajstić information content (AvgIpc) is 2.17. The standard InChI is InChI=1S/C11H19N3O2/c1-7(2)6-9(14-16-5)10(13-12)11(15)8(3)4/h7-8H,6H2,1-5H3. The van der Waals surface area contributed by atoms with Gasteiger partial charge in [0.1, 0.15) is 7.11 Å². The van der Waals surface area contributed by atoms with Gasteiger partial charge < -0.3 is 10.4 Å². The van der Waals surface area contributed by atoms with Crippen molar-refractivity contribution in [1.29, 1.82) is 0 Å². The topological polar surface area (TPSA) is 75.1 Å². The van der Waals surface area contributed by atoms with Crippen LogP contribution in [0.25, 0.3) is 5.53 Å². The van der Waals surface area contributed by atoms with Gasteiger partial charge in [-0.15, -0.1) is 0 Å². The van der Waals surface area contributed by atoms with Crippen LogP contribution in [-0.2, 0) is 9.63 Å². The number of carbonyl (C=O) groups excluding carboxylic acids is 1. The third-order valence-electron chi connectivity index (χ3n) is 1.93. The van der Waals surface area contributed by atoms with Gasteiger partial charge in [-0.3, -0.25) is 4.79 Å². The minimum Gasteiger partial charge on any atom is -0.399 e. The van der Waals surface area contributed by atoms with Gasteiger partial charge >= 0.3 is 5.71 Å². The Morgan fingerprint density at radius 3 is 2.25 bits per heavy atom. The molecule has 0 amide bonds. The van der Waals surface area contributed by atoms with Crippen LogP contribution >= 0.6 is 0 Å². The molecule has 5 nitrogen and oxygen atoms in total. The van der Waals surface area contributed by atoms with Crippen LogP contribution in [0.5, 0.6) is 0 Å². The number of hydrogen-bond donors (Lipinski definition) is 0. The molecule has 0 saturated carbocycles. The minimum atomic E-state index is -0.237. The summed E-state index contributed by atoms with van der Waals surface area (Å²) in [7, 11) is 1.40. The summed E-state index contributed by atoms with van der Waals surface area (Å²) in [6.07, 6.45) is 0.533. The average molecular weight is 225 g/mol. The Kier molecular flexibility index (Phi) is 6.27. The van der Waals surface area contributed by atoms with Crippen LogP contribution < -0.4 is 0 Å². The second-order valence-corrected chi connectivity index (χ2v) is 4.29. The van der Waals surface area contributed by atoms with Crippen LogP contribution in [0, 0.1) is 11.8 Å². The first-order valence-corrected chi connectivity index (χ1v) is 5.30. The van der Waals surface area contributed by atoms with Gasteiger partial charge in [0.25, 0.3) is 0 Å². The number of ketones is 1. The van der Waals surface area contributed by atoms with Gasteiger partial charge in [-0.1, -0.05) is 32.9 Å². The van der Waals surface area contributed by atoms with E-state index in [1.807, 2.05) is 13.8 Å². The maximum Gasteiger partial charge on any atom is 0.382 e.